The number of hydrogen-bond acceptors (Lipinski definition) is 7. The summed E-state index contributed by atoms with van der Waals surface area (Å²) in [5.41, 5.74) is 1.50. The highest BCUT2D eigenvalue weighted by Gasteiger charge is 2.07. The number of aromatic amines is 2. The number of rotatable bonds is 14. The molecule has 0 atom stereocenters. The van der Waals surface area contributed by atoms with Crippen LogP contribution < -0.4 is 32.5 Å². The topological polar surface area (TPSA) is 150 Å². The van der Waals surface area contributed by atoms with Crippen molar-refractivity contribution in [2.24, 2.45) is 0 Å². The van der Waals surface area contributed by atoms with Crippen LogP contribution in [0.3, 0.4) is 0 Å². The second-order valence-electron chi connectivity index (χ2n) is 10.4. The van der Waals surface area contributed by atoms with Crippen LogP contribution >= 0.6 is 11.3 Å². The summed E-state index contributed by atoms with van der Waals surface area (Å²) >= 11 is 1.35. The first-order chi connectivity index (χ1) is 21.8. The van der Waals surface area contributed by atoms with E-state index in [1.807, 2.05) is 11.4 Å². The lowest BCUT2D eigenvalue weighted by atomic mass is 10.1. The smallest absolute Gasteiger partial charge is 0.305 e. The predicted octanol–water partition coefficient (Wildman–Crippen LogP) is 3.67. The number of aromatic nitrogens is 2. The van der Waals surface area contributed by atoms with E-state index in [0.29, 0.717) is 40.2 Å². The maximum Gasteiger partial charge on any atom is 0.305 e. The van der Waals surface area contributed by atoms with Crippen LogP contribution in [0, 0.1) is 0 Å². The number of ether oxygens (including phenoxy) is 1. The molecule has 0 aliphatic carbocycles. The SMILES string of the molecule is COC(=O)CCCCCCCCNC(=O)c1ccc(/C=c2\[nH]c(=O)/c(=C/c3ccc(NC(=O)c4cccs4)cc3)[nH]c2=O)cc1. The summed E-state index contributed by atoms with van der Waals surface area (Å²) in [6, 6.07) is 17.2. The molecule has 2 aromatic carbocycles. The van der Waals surface area contributed by atoms with Gasteiger partial charge in [0.05, 0.1) is 12.0 Å². The normalized spacial score (nSPS) is 11.8. The Labute approximate surface area is 263 Å². The Kier molecular flexibility index (Phi) is 12.2. The summed E-state index contributed by atoms with van der Waals surface area (Å²) in [5.74, 6) is -0.547. The van der Waals surface area contributed by atoms with Gasteiger partial charge < -0.3 is 25.3 Å². The van der Waals surface area contributed by atoms with Crippen LogP contribution in [0.5, 0.6) is 0 Å². The molecular weight excluding hydrogens is 592 g/mol. The maximum atomic E-state index is 12.7. The van der Waals surface area contributed by atoms with Crippen molar-refractivity contribution in [2.45, 2.75) is 44.9 Å². The van der Waals surface area contributed by atoms with E-state index in [-0.39, 0.29) is 28.5 Å². The fraction of sp³-hybridized carbons (Fsp3) is 0.265. The molecule has 0 spiro atoms. The lowest BCUT2D eigenvalue weighted by Crippen LogP contribution is -2.46. The van der Waals surface area contributed by atoms with Gasteiger partial charge in [-0.05, 0) is 71.8 Å². The molecule has 10 nitrogen and oxygen atoms in total. The van der Waals surface area contributed by atoms with Gasteiger partial charge in [-0.25, -0.2) is 0 Å². The molecule has 0 aliphatic rings. The largest absolute Gasteiger partial charge is 0.469 e. The number of thiophene rings is 1. The minimum absolute atomic E-state index is 0.0892. The van der Waals surface area contributed by atoms with Gasteiger partial charge in [-0.3, -0.25) is 24.0 Å². The van der Waals surface area contributed by atoms with Gasteiger partial charge in [-0.2, -0.15) is 0 Å². The van der Waals surface area contributed by atoms with E-state index in [1.165, 1.54) is 18.4 Å². The van der Waals surface area contributed by atoms with Crippen molar-refractivity contribution in [1.29, 1.82) is 0 Å². The summed E-state index contributed by atoms with van der Waals surface area (Å²) in [5, 5.41) is 7.75. The summed E-state index contributed by atoms with van der Waals surface area (Å²) < 4.78 is 4.63. The Hall–Kier alpha value is -5.03. The average molecular weight is 629 g/mol. The number of amides is 2. The van der Waals surface area contributed by atoms with Crippen LogP contribution in [0.2, 0.25) is 0 Å². The third-order valence-corrected chi connectivity index (χ3v) is 7.88. The number of carbonyl (C=O) groups is 3. The Bertz CT molecular complexity index is 1830. The van der Waals surface area contributed by atoms with E-state index >= 15 is 0 Å². The van der Waals surface area contributed by atoms with Crippen LogP contribution in [0.1, 0.15) is 76.1 Å². The molecule has 0 saturated carbocycles. The first-order valence-electron chi connectivity index (χ1n) is 14.8. The van der Waals surface area contributed by atoms with E-state index in [9.17, 15) is 24.0 Å². The molecule has 4 aromatic rings. The molecule has 4 N–H and O–H groups in total. The quantitative estimate of drug-likeness (QED) is 0.124. The molecule has 45 heavy (non-hydrogen) atoms. The summed E-state index contributed by atoms with van der Waals surface area (Å²) in [6.07, 6.45) is 9.34. The molecule has 0 radical (unpaired) electrons. The first-order valence-corrected chi connectivity index (χ1v) is 15.7. The van der Waals surface area contributed by atoms with Crippen molar-refractivity contribution in [3.8, 4) is 0 Å². The lowest BCUT2D eigenvalue weighted by molar-refractivity contribution is -0.140. The molecule has 234 valence electrons. The van der Waals surface area contributed by atoms with Gasteiger partial charge >= 0.3 is 5.97 Å². The van der Waals surface area contributed by atoms with E-state index < -0.39 is 11.1 Å². The fourth-order valence-corrected chi connectivity index (χ4v) is 5.15. The van der Waals surface area contributed by atoms with E-state index in [4.69, 9.17) is 0 Å². The number of anilines is 1. The number of carbonyl (C=O) groups excluding carboxylic acids is 3. The molecule has 0 fully saturated rings. The molecule has 2 aromatic heterocycles. The minimum atomic E-state index is -0.467. The number of unbranched alkanes of at least 4 members (excludes halogenated alkanes) is 5. The summed E-state index contributed by atoms with van der Waals surface area (Å²) in [7, 11) is 1.40. The number of H-pyrrole nitrogens is 2. The number of benzene rings is 2. The number of hydrogen-bond donors (Lipinski definition) is 4. The molecule has 11 heteroatoms. The monoisotopic (exact) mass is 628 g/mol. The standard InChI is InChI=1S/C34H36N4O6S/c1-44-30(39)10-6-4-2-3-5-7-19-35-31(40)25-15-11-23(12-16-25)21-27-32(41)38-28(33(42)37-27)22-24-13-17-26(18-14-24)36-34(43)29-9-8-20-45-29/h8-9,11-18,20-22H,2-7,10,19H2,1H3,(H,35,40)(H,36,43)(H,37,42)(H,38,41)/b27-21-,28-22-. The van der Waals surface area contributed by atoms with Crippen molar-refractivity contribution in [1.82, 2.24) is 15.3 Å². The zero-order valence-corrected chi connectivity index (χ0v) is 25.8. The molecule has 2 amide bonds. The van der Waals surface area contributed by atoms with Gasteiger partial charge in [0, 0.05) is 24.2 Å². The Morgan fingerprint density at radius 1 is 0.756 bits per heavy atom. The van der Waals surface area contributed by atoms with Crippen LogP contribution in [-0.4, -0.2) is 41.4 Å². The van der Waals surface area contributed by atoms with Crippen molar-refractivity contribution < 1.29 is 19.1 Å². The molecule has 0 bridgehead atoms. The Morgan fingerprint density at radius 3 is 1.91 bits per heavy atom. The van der Waals surface area contributed by atoms with Crippen molar-refractivity contribution >= 4 is 47.0 Å². The molecular formula is C34H36N4O6S. The van der Waals surface area contributed by atoms with Crippen molar-refractivity contribution in [3.05, 3.63) is 119 Å². The first kappa shape index (κ1) is 32.9. The second-order valence-corrected chi connectivity index (χ2v) is 11.4. The number of methoxy groups -OCH3 is 1. The Balaban J connectivity index is 1.29. The molecule has 0 aliphatic heterocycles. The van der Waals surface area contributed by atoms with Gasteiger partial charge in [-0.1, -0.05) is 56.0 Å². The van der Waals surface area contributed by atoms with Crippen LogP contribution in [-0.2, 0) is 9.53 Å². The summed E-state index contributed by atoms with van der Waals surface area (Å²) in [6.45, 7) is 0.575. The molecule has 2 heterocycles. The van der Waals surface area contributed by atoms with Crippen molar-refractivity contribution in [2.75, 3.05) is 19.0 Å². The Morgan fingerprint density at radius 2 is 1.33 bits per heavy atom. The van der Waals surface area contributed by atoms with Gasteiger partial charge in [-0.15, -0.1) is 11.3 Å². The fourth-order valence-electron chi connectivity index (χ4n) is 4.53. The van der Waals surface area contributed by atoms with Crippen LogP contribution in [0.15, 0.2) is 75.6 Å². The minimum Gasteiger partial charge on any atom is -0.469 e. The third kappa shape index (κ3) is 10.3. The molecule has 4 rings (SSSR count). The van der Waals surface area contributed by atoms with Crippen molar-refractivity contribution in [3.63, 3.8) is 0 Å². The highest BCUT2D eigenvalue weighted by Crippen LogP contribution is 2.14. The van der Waals surface area contributed by atoms with Gasteiger partial charge in [0.2, 0.25) is 0 Å². The van der Waals surface area contributed by atoms with Crippen LogP contribution in [0.4, 0.5) is 5.69 Å². The lowest BCUT2D eigenvalue weighted by Gasteiger charge is -2.06. The van der Waals surface area contributed by atoms with Gasteiger partial charge in [0.1, 0.15) is 10.7 Å². The molecule has 0 unspecified atom stereocenters. The number of esters is 1. The maximum absolute atomic E-state index is 12.7. The predicted molar refractivity (Wildman–Crippen MR) is 176 cm³/mol. The highest BCUT2D eigenvalue weighted by atomic mass is 32.1. The van der Waals surface area contributed by atoms with Gasteiger partial charge in [0.25, 0.3) is 22.9 Å². The zero-order chi connectivity index (χ0) is 32.0. The average Bonchev–Trinajstić information content (AvgIpc) is 3.59. The highest BCUT2D eigenvalue weighted by molar-refractivity contribution is 7.12. The third-order valence-electron chi connectivity index (χ3n) is 7.01. The van der Waals surface area contributed by atoms with E-state index in [2.05, 4.69) is 25.3 Å². The summed E-state index contributed by atoms with van der Waals surface area (Å²) in [4.78, 5) is 67.1. The van der Waals surface area contributed by atoms with E-state index in [1.54, 1.807) is 66.7 Å². The molecule has 0 saturated heterocycles. The van der Waals surface area contributed by atoms with Gasteiger partial charge in [0.15, 0.2) is 0 Å². The van der Waals surface area contributed by atoms with Crippen LogP contribution in [0.25, 0.3) is 12.2 Å². The zero-order valence-electron chi connectivity index (χ0n) is 25.0. The van der Waals surface area contributed by atoms with E-state index in [0.717, 1.165) is 38.5 Å². The second kappa shape index (κ2) is 16.7. The number of nitrogens with one attached hydrogen (secondary N) is 4.